The van der Waals surface area contributed by atoms with Crippen LogP contribution >= 0.6 is 0 Å². The Morgan fingerprint density at radius 3 is 2.74 bits per heavy atom. The monoisotopic (exact) mass is 305 g/mol. The van der Waals surface area contributed by atoms with Crippen molar-refractivity contribution in [2.24, 2.45) is 7.05 Å². The van der Waals surface area contributed by atoms with Gasteiger partial charge < -0.3 is 9.88 Å². The zero-order valence-corrected chi connectivity index (χ0v) is 13.3. The summed E-state index contributed by atoms with van der Waals surface area (Å²) >= 11 is 0. The Hall–Kier alpha value is -2.75. The minimum Gasteiger partial charge on any atom is -0.350 e. The van der Waals surface area contributed by atoms with Crippen LogP contribution in [0.15, 0.2) is 48.7 Å². The second-order valence-corrected chi connectivity index (χ2v) is 6.12. The maximum Gasteiger partial charge on any atom is 0.326 e. The fraction of sp³-hybridized carbons (Fsp3) is 0.211. The third-order valence-electron chi connectivity index (χ3n) is 4.55. The van der Waals surface area contributed by atoms with Crippen LogP contribution in [0.3, 0.4) is 0 Å². The molecule has 0 fully saturated rings. The molecule has 0 spiro atoms. The van der Waals surface area contributed by atoms with E-state index in [-0.39, 0.29) is 6.03 Å². The molecule has 2 aromatic carbocycles. The van der Waals surface area contributed by atoms with E-state index >= 15 is 0 Å². The average molecular weight is 305 g/mol. The average Bonchev–Trinajstić information content (AvgIpc) is 3.08. The number of nitrogens with zero attached hydrogens (tertiary/aromatic N) is 2. The molecule has 1 N–H and O–H groups in total. The molecule has 4 rings (SSSR count). The highest BCUT2D eigenvalue weighted by Crippen LogP contribution is 2.34. The van der Waals surface area contributed by atoms with Gasteiger partial charge >= 0.3 is 6.03 Å². The van der Waals surface area contributed by atoms with E-state index in [4.69, 9.17) is 0 Å². The smallest absolute Gasteiger partial charge is 0.326 e. The third kappa shape index (κ3) is 2.27. The molecule has 1 aliphatic heterocycles. The number of anilines is 2. The lowest BCUT2D eigenvalue weighted by molar-refractivity contribution is 0.257. The van der Waals surface area contributed by atoms with Gasteiger partial charge in [-0.3, -0.25) is 4.90 Å². The summed E-state index contributed by atoms with van der Waals surface area (Å²) in [6, 6.07) is 13.9. The van der Waals surface area contributed by atoms with Crippen molar-refractivity contribution in [3.8, 4) is 0 Å². The molecule has 116 valence electrons. The Morgan fingerprint density at radius 1 is 1.17 bits per heavy atom. The number of para-hydroxylation sites is 1. The normalized spacial score (nSPS) is 13.4. The van der Waals surface area contributed by atoms with Crippen LogP contribution in [0.5, 0.6) is 0 Å². The van der Waals surface area contributed by atoms with Gasteiger partial charge in [-0.15, -0.1) is 0 Å². The quantitative estimate of drug-likeness (QED) is 0.722. The molecule has 0 atom stereocenters. The second-order valence-electron chi connectivity index (χ2n) is 6.12. The molecular weight excluding hydrogens is 286 g/mol. The van der Waals surface area contributed by atoms with Crippen molar-refractivity contribution < 1.29 is 4.79 Å². The van der Waals surface area contributed by atoms with Crippen LogP contribution in [0.1, 0.15) is 11.1 Å². The molecule has 0 radical (unpaired) electrons. The van der Waals surface area contributed by atoms with Crippen molar-refractivity contribution in [1.82, 2.24) is 4.57 Å². The maximum absolute atomic E-state index is 12.6. The molecule has 1 aromatic heterocycles. The SMILES string of the molecule is Cc1cn(C)c2cc3c(cc12)N(C(=O)Nc1ccccc1)CC3. The lowest BCUT2D eigenvalue weighted by atomic mass is 10.1. The highest BCUT2D eigenvalue weighted by Gasteiger charge is 2.26. The van der Waals surface area contributed by atoms with Crippen molar-refractivity contribution in [2.75, 3.05) is 16.8 Å². The number of aromatic nitrogens is 1. The number of amides is 2. The molecule has 2 amide bonds. The number of urea groups is 1. The van der Waals surface area contributed by atoms with Crippen LogP contribution in [0, 0.1) is 6.92 Å². The Bertz CT molecular complexity index is 896. The van der Waals surface area contributed by atoms with Crippen LogP contribution in [0.25, 0.3) is 10.9 Å². The van der Waals surface area contributed by atoms with Gasteiger partial charge in [0.05, 0.1) is 0 Å². The van der Waals surface area contributed by atoms with Crippen molar-refractivity contribution in [2.45, 2.75) is 13.3 Å². The van der Waals surface area contributed by atoms with Gasteiger partial charge in [0.1, 0.15) is 0 Å². The van der Waals surface area contributed by atoms with E-state index in [2.05, 4.69) is 42.2 Å². The first-order chi connectivity index (χ1) is 11.1. The number of nitrogens with one attached hydrogen (secondary N) is 1. The summed E-state index contributed by atoms with van der Waals surface area (Å²) in [7, 11) is 2.07. The number of carbonyl (C=O) groups is 1. The lowest BCUT2D eigenvalue weighted by Gasteiger charge is -2.18. The number of carbonyl (C=O) groups excluding carboxylic acids is 1. The summed E-state index contributed by atoms with van der Waals surface area (Å²) in [5.41, 5.74) is 5.55. The van der Waals surface area contributed by atoms with Crippen molar-refractivity contribution in [3.63, 3.8) is 0 Å². The summed E-state index contributed by atoms with van der Waals surface area (Å²) in [5, 5.41) is 4.19. The molecule has 0 saturated carbocycles. The molecule has 4 nitrogen and oxygen atoms in total. The molecule has 3 aromatic rings. The molecule has 0 bridgehead atoms. The van der Waals surface area contributed by atoms with E-state index in [0.717, 1.165) is 24.3 Å². The van der Waals surface area contributed by atoms with E-state index in [1.165, 1.54) is 22.0 Å². The van der Waals surface area contributed by atoms with Gasteiger partial charge in [-0.2, -0.15) is 0 Å². The van der Waals surface area contributed by atoms with Crippen molar-refractivity contribution in [3.05, 3.63) is 59.8 Å². The van der Waals surface area contributed by atoms with Crippen LogP contribution in [0.4, 0.5) is 16.2 Å². The second kappa shape index (κ2) is 5.16. The zero-order chi connectivity index (χ0) is 16.0. The first-order valence-electron chi connectivity index (χ1n) is 7.85. The van der Waals surface area contributed by atoms with E-state index in [1.807, 2.05) is 35.2 Å². The summed E-state index contributed by atoms with van der Waals surface area (Å²) in [5.74, 6) is 0. The Morgan fingerprint density at radius 2 is 1.96 bits per heavy atom. The number of benzene rings is 2. The first kappa shape index (κ1) is 13.9. The highest BCUT2D eigenvalue weighted by atomic mass is 16.2. The predicted molar refractivity (Wildman–Crippen MR) is 94.2 cm³/mol. The Kier molecular flexibility index (Phi) is 3.11. The number of fused-ring (bicyclic) bond motifs is 2. The van der Waals surface area contributed by atoms with Gasteiger partial charge in [0.2, 0.25) is 0 Å². The molecule has 4 heteroatoms. The topological polar surface area (TPSA) is 37.3 Å². The van der Waals surface area contributed by atoms with Gasteiger partial charge in [0.25, 0.3) is 0 Å². The Labute approximate surface area is 135 Å². The molecule has 1 aliphatic rings. The third-order valence-corrected chi connectivity index (χ3v) is 4.55. The molecular formula is C19H19N3O. The van der Waals surface area contributed by atoms with E-state index in [1.54, 1.807) is 0 Å². The van der Waals surface area contributed by atoms with Crippen LogP contribution in [-0.4, -0.2) is 17.1 Å². The van der Waals surface area contributed by atoms with Gasteiger partial charge in [0, 0.05) is 42.1 Å². The molecule has 23 heavy (non-hydrogen) atoms. The maximum atomic E-state index is 12.6. The lowest BCUT2D eigenvalue weighted by Crippen LogP contribution is -2.33. The summed E-state index contributed by atoms with van der Waals surface area (Å²) in [6.45, 7) is 2.83. The molecule has 0 unspecified atom stereocenters. The van der Waals surface area contributed by atoms with Gasteiger partial charge in [-0.25, -0.2) is 4.79 Å². The van der Waals surface area contributed by atoms with Gasteiger partial charge in [-0.05, 0) is 48.7 Å². The minimum absolute atomic E-state index is 0.0668. The van der Waals surface area contributed by atoms with E-state index < -0.39 is 0 Å². The number of hydrogen-bond donors (Lipinski definition) is 1. The standard InChI is InChI=1S/C19H19N3O/c1-13-12-21(2)18-10-14-8-9-22(17(14)11-16(13)18)19(23)20-15-6-4-3-5-7-15/h3-7,10-12H,8-9H2,1-2H3,(H,20,23). The molecule has 0 saturated heterocycles. The largest absolute Gasteiger partial charge is 0.350 e. The van der Waals surface area contributed by atoms with Gasteiger partial charge in [0.15, 0.2) is 0 Å². The highest BCUT2D eigenvalue weighted by molar-refractivity contribution is 6.05. The molecule has 2 heterocycles. The van der Waals surface area contributed by atoms with Crippen LogP contribution in [-0.2, 0) is 13.5 Å². The number of aryl methyl sites for hydroxylation is 2. The Balaban J connectivity index is 1.69. The van der Waals surface area contributed by atoms with Crippen molar-refractivity contribution >= 4 is 28.3 Å². The summed E-state index contributed by atoms with van der Waals surface area (Å²) < 4.78 is 2.15. The fourth-order valence-corrected chi connectivity index (χ4v) is 3.38. The minimum atomic E-state index is -0.0668. The predicted octanol–water partition coefficient (Wildman–Crippen LogP) is 4.08. The summed E-state index contributed by atoms with van der Waals surface area (Å²) in [6.07, 6.45) is 3.03. The van der Waals surface area contributed by atoms with Crippen LogP contribution < -0.4 is 10.2 Å². The van der Waals surface area contributed by atoms with E-state index in [9.17, 15) is 4.79 Å². The zero-order valence-electron chi connectivity index (χ0n) is 13.3. The first-order valence-corrected chi connectivity index (χ1v) is 7.85. The number of hydrogen-bond acceptors (Lipinski definition) is 1. The fourth-order valence-electron chi connectivity index (χ4n) is 3.38. The number of rotatable bonds is 1. The molecule has 0 aliphatic carbocycles. The van der Waals surface area contributed by atoms with Crippen LogP contribution in [0.2, 0.25) is 0 Å². The van der Waals surface area contributed by atoms with E-state index in [0.29, 0.717) is 0 Å². The summed E-state index contributed by atoms with van der Waals surface area (Å²) in [4.78, 5) is 14.5. The van der Waals surface area contributed by atoms with Gasteiger partial charge in [-0.1, -0.05) is 18.2 Å². The van der Waals surface area contributed by atoms with Crippen molar-refractivity contribution in [1.29, 1.82) is 0 Å².